The summed E-state index contributed by atoms with van der Waals surface area (Å²) >= 11 is 0. The van der Waals surface area contributed by atoms with Gasteiger partial charge in [-0.25, -0.2) is 0 Å². The molecule has 2 heterocycles. The number of hydrogen-bond acceptors (Lipinski definition) is 8. The lowest BCUT2D eigenvalue weighted by Crippen LogP contribution is -2.39. The van der Waals surface area contributed by atoms with Crippen molar-refractivity contribution in [3.05, 3.63) is 59.2 Å². The van der Waals surface area contributed by atoms with Gasteiger partial charge in [-0.2, -0.15) is 0 Å². The van der Waals surface area contributed by atoms with E-state index in [-0.39, 0.29) is 11.3 Å². The van der Waals surface area contributed by atoms with Crippen molar-refractivity contribution in [3.63, 3.8) is 0 Å². The van der Waals surface area contributed by atoms with E-state index in [9.17, 15) is 14.7 Å². The maximum Gasteiger partial charge on any atom is 0.295 e. The molecule has 198 valence electrons. The molecule has 1 amide bonds. The second-order valence-corrected chi connectivity index (χ2v) is 8.87. The first-order valence-corrected chi connectivity index (χ1v) is 12.5. The number of Topliss-reactive ketones (excluding diaryl/α,β-unsaturated/α-hetero) is 1. The molecule has 4 rings (SSSR count). The van der Waals surface area contributed by atoms with E-state index in [1.165, 1.54) is 12.0 Å². The zero-order chi connectivity index (χ0) is 26.4. The lowest BCUT2D eigenvalue weighted by atomic mass is 9.94. The number of carbonyl (C=O) groups excluding carboxylic acids is 2. The van der Waals surface area contributed by atoms with Crippen molar-refractivity contribution in [1.82, 2.24) is 9.80 Å². The quantitative estimate of drug-likeness (QED) is 0.296. The van der Waals surface area contributed by atoms with E-state index in [2.05, 4.69) is 4.90 Å². The maximum absolute atomic E-state index is 13.4. The number of ketones is 1. The minimum Gasteiger partial charge on any atom is -0.507 e. The molecule has 0 saturated carbocycles. The molecular formula is C28H34N2O7. The topological polar surface area (TPSA) is 97.8 Å². The molecule has 1 N–H and O–H groups in total. The van der Waals surface area contributed by atoms with Crippen LogP contribution >= 0.6 is 0 Å². The number of nitrogens with zero attached hydrogens (tertiary/aromatic N) is 2. The number of morpholine rings is 1. The summed E-state index contributed by atoms with van der Waals surface area (Å²) in [6, 6.07) is 11.2. The Bertz CT molecular complexity index is 1160. The minimum atomic E-state index is -0.842. The molecule has 9 nitrogen and oxygen atoms in total. The summed E-state index contributed by atoms with van der Waals surface area (Å²) in [5.74, 6) is -0.0555. The number of aliphatic hydroxyl groups is 1. The SMILES string of the molecule is CCOc1cccc(/C(O)=C2\C(=O)C(=O)N(CCCN3CCOCC3)C2c2cc(OC)ccc2OC)c1. The van der Waals surface area contributed by atoms with Crippen LogP contribution in [-0.2, 0) is 14.3 Å². The van der Waals surface area contributed by atoms with Crippen LogP contribution in [0.2, 0.25) is 0 Å². The largest absolute Gasteiger partial charge is 0.507 e. The van der Waals surface area contributed by atoms with E-state index >= 15 is 0 Å². The molecule has 9 heteroatoms. The van der Waals surface area contributed by atoms with Gasteiger partial charge in [0.05, 0.1) is 45.7 Å². The van der Waals surface area contributed by atoms with Crippen molar-refractivity contribution in [2.75, 3.05) is 60.2 Å². The van der Waals surface area contributed by atoms with E-state index < -0.39 is 17.7 Å². The van der Waals surface area contributed by atoms with Gasteiger partial charge in [0.1, 0.15) is 23.0 Å². The summed E-state index contributed by atoms with van der Waals surface area (Å²) in [5, 5.41) is 11.4. The second-order valence-electron chi connectivity index (χ2n) is 8.87. The van der Waals surface area contributed by atoms with Gasteiger partial charge in [-0.05, 0) is 43.7 Å². The van der Waals surface area contributed by atoms with Crippen LogP contribution < -0.4 is 14.2 Å². The Morgan fingerprint density at radius 2 is 1.81 bits per heavy atom. The smallest absolute Gasteiger partial charge is 0.295 e. The summed E-state index contributed by atoms with van der Waals surface area (Å²) in [6.45, 7) is 6.47. The number of rotatable bonds is 10. The number of hydrogen-bond donors (Lipinski definition) is 1. The van der Waals surface area contributed by atoms with Gasteiger partial charge in [0.2, 0.25) is 0 Å². The zero-order valence-electron chi connectivity index (χ0n) is 21.6. The van der Waals surface area contributed by atoms with Gasteiger partial charge >= 0.3 is 0 Å². The van der Waals surface area contributed by atoms with Crippen LogP contribution in [0.1, 0.15) is 30.5 Å². The van der Waals surface area contributed by atoms with Crippen LogP contribution in [0.25, 0.3) is 5.76 Å². The molecule has 37 heavy (non-hydrogen) atoms. The molecule has 0 bridgehead atoms. The summed E-state index contributed by atoms with van der Waals surface area (Å²) < 4.78 is 22.0. The summed E-state index contributed by atoms with van der Waals surface area (Å²) in [4.78, 5) is 30.6. The van der Waals surface area contributed by atoms with Crippen LogP contribution in [0, 0.1) is 0 Å². The highest BCUT2D eigenvalue weighted by molar-refractivity contribution is 6.46. The molecule has 2 aromatic rings. The van der Waals surface area contributed by atoms with E-state index in [1.54, 1.807) is 49.6 Å². The molecule has 0 aromatic heterocycles. The number of aliphatic hydroxyl groups excluding tert-OH is 1. The monoisotopic (exact) mass is 510 g/mol. The average Bonchev–Trinajstić information content (AvgIpc) is 3.18. The van der Waals surface area contributed by atoms with E-state index in [1.807, 2.05) is 6.92 Å². The molecule has 2 fully saturated rings. The van der Waals surface area contributed by atoms with Crippen LogP contribution in [0.3, 0.4) is 0 Å². The van der Waals surface area contributed by atoms with Gasteiger partial charge in [-0.1, -0.05) is 12.1 Å². The molecule has 0 radical (unpaired) electrons. The van der Waals surface area contributed by atoms with Gasteiger partial charge in [0.15, 0.2) is 0 Å². The third-order valence-corrected chi connectivity index (χ3v) is 6.67. The highest BCUT2D eigenvalue weighted by atomic mass is 16.5. The zero-order valence-corrected chi connectivity index (χ0v) is 21.6. The van der Waals surface area contributed by atoms with Crippen LogP contribution in [0.5, 0.6) is 17.2 Å². The lowest BCUT2D eigenvalue weighted by Gasteiger charge is -2.29. The minimum absolute atomic E-state index is 0.0107. The Balaban J connectivity index is 1.76. The number of amides is 1. The maximum atomic E-state index is 13.4. The molecular weight excluding hydrogens is 476 g/mol. The molecule has 2 saturated heterocycles. The van der Waals surface area contributed by atoms with E-state index in [0.29, 0.717) is 61.2 Å². The number of likely N-dealkylation sites (tertiary alicyclic amines) is 1. The van der Waals surface area contributed by atoms with Gasteiger partial charge < -0.3 is 29.0 Å². The van der Waals surface area contributed by atoms with Crippen LogP contribution in [0.15, 0.2) is 48.0 Å². The summed E-state index contributed by atoms with van der Waals surface area (Å²) in [7, 11) is 3.07. The van der Waals surface area contributed by atoms with Gasteiger partial charge in [0, 0.05) is 37.3 Å². The molecule has 0 aliphatic carbocycles. The first kappa shape index (κ1) is 26.5. The fourth-order valence-electron chi connectivity index (χ4n) is 4.83. The lowest BCUT2D eigenvalue weighted by molar-refractivity contribution is -0.140. The third kappa shape index (κ3) is 5.73. The van der Waals surface area contributed by atoms with Gasteiger partial charge in [-0.3, -0.25) is 14.5 Å². The Hall–Kier alpha value is -3.56. The van der Waals surface area contributed by atoms with Crippen molar-refractivity contribution in [3.8, 4) is 17.2 Å². The van der Waals surface area contributed by atoms with Crippen molar-refractivity contribution in [2.45, 2.75) is 19.4 Å². The predicted molar refractivity (Wildman–Crippen MR) is 138 cm³/mol. The van der Waals surface area contributed by atoms with Crippen LogP contribution in [-0.4, -0.2) is 86.8 Å². The number of ether oxygens (including phenoxy) is 4. The van der Waals surface area contributed by atoms with Gasteiger partial charge in [-0.15, -0.1) is 0 Å². The number of carbonyl (C=O) groups is 2. The van der Waals surface area contributed by atoms with E-state index in [0.717, 1.165) is 19.6 Å². The normalized spacial score (nSPS) is 19.8. The van der Waals surface area contributed by atoms with Crippen molar-refractivity contribution < 1.29 is 33.6 Å². The highest BCUT2D eigenvalue weighted by Gasteiger charge is 2.47. The molecule has 2 aliphatic rings. The van der Waals surface area contributed by atoms with Crippen molar-refractivity contribution >= 4 is 17.4 Å². The average molecular weight is 511 g/mol. The first-order chi connectivity index (χ1) is 18.0. The highest BCUT2D eigenvalue weighted by Crippen LogP contribution is 2.44. The number of methoxy groups -OCH3 is 2. The Morgan fingerprint density at radius 3 is 2.51 bits per heavy atom. The first-order valence-electron chi connectivity index (χ1n) is 12.5. The fourth-order valence-corrected chi connectivity index (χ4v) is 4.83. The second kappa shape index (κ2) is 12.1. The standard InChI is InChI=1S/C28H34N2O7/c1-4-37-21-8-5-7-19(17-21)26(31)24-25(22-18-20(34-2)9-10-23(22)35-3)30(28(33)27(24)32)12-6-11-29-13-15-36-16-14-29/h5,7-10,17-18,25,31H,4,6,11-16H2,1-3H3/b26-24+. The molecule has 1 unspecified atom stereocenters. The Morgan fingerprint density at radius 1 is 1.03 bits per heavy atom. The van der Waals surface area contributed by atoms with Crippen molar-refractivity contribution in [1.29, 1.82) is 0 Å². The molecule has 1 atom stereocenters. The summed E-state index contributed by atoms with van der Waals surface area (Å²) in [6.07, 6.45) is 0.662. The fraction of sp³-hybridized carbons (Fsp3) is 0.429. The number of benzene rings is 2. The molecule has 2 aliphatic heterocycles. The third-order valence-electron chi connectivity index (χ3n) is 6.67. The summed E-state index contributed by atoms with van der Waals surface area (Å²) in [5.41, 5.74) is 0.968. The van der Waals surface area contributed by atoms with E-state index in [4.69, 9.17) is 18.9 Å². The van der Waals surface area contributed by atoms with Crippen LogP contribution in [0.4, 0.5) is 0 Å². The molecule has 0 spiro atoms. The Kier molecular flexibility index (Phi) is 8.68. The van der Waals surface area contributed by atoms with Gasteiger partial charge in [0.25, 0.3) is 11.7 Å². The Labute approximate surface area is 217 Å². The predicted octanol–water partition coefficient (Wildman–Crippen LogP) is 3.25. The molecule has 2 aromatic carbocycles. The van der Waals surface area contributed by atoms with Crippen molar-refractivity contribution in [2.24, 2.45) is 0 Å².